The highest BCUT2D eigenvalue weighted by atomic mass is 16.5. The summed E-state index contributed by atoms with van der Waals surface area (Å²) in [6, 6.07) is 16.3. The quantitative estimate of drug-likeness (QED) is 0.486. The second-order valence-corrected chi connectivity index (χ2v) is 10.9. The van der Waals surface area contributed by atoms with Crippen LogP contribution < -0.4 is 4.74 Å². The van der Waals surface area contributed by atoms with Crippen LogP contribution in [0.3, 0.4) is 0 Å². The van der Waals surface area contributed by atoms with E-state index >= 15 is 0 Å². The standard InChI is InChI=1S/C30H38N4O3/c1-22(2)37-27-11-10-25(16-23(27)3)29(35)34-14-12-30(36-21-34)17-26(28-31-13-15-32(28)4)19-33(20-30)18-24-8-6-5-7-9-24/h5-11,13,15-16,22,26H,12,14,17-21H2,1-4H3. The van der Waals surface area contributed by atoms with Crippen molar-refractivity contribution in [2.45, 2.75) is 57.8 Å². The lowest BCUT2D eigenvalue weighted by molar-refractivity contribution is -0.158. The third-order valence-corrected chi connectivity index (χ3v) is 7.52. The van der Waals surface area contributed by atoms with Crippen LogP contribution in [0.25, 0.3) is 0 Å². The molecule has 2 aliphatic heterocycles. The highest BCUT2D eigenvalue weighted by Crippen LogP contribution is 2.39. The van der Waals surface area contributed by atoms with E-state index < -0.39 is 0 Å². The zero-order chi connectivity index (χ0) is 26.0. The molecular weight excluding hydrogens is 464 g/mol. The molecule has 2 saturated heterocycles. The number of rotatable bonds is 6. The van der Waals surface area contributed by atoms with Crippen LogP contribution in [0.4, 0.5) is 0 Å². The van der Waals surface area contributed by atoms with Gasteiger partial charge in [-0.05, 0) is 62.9 Å². The Bertz CT molecular complexity index is 1210. The molecule has 2 atom stereocenters. The molecule has 2 unspecified atom stereocenters. The average molecular weight is 503 g/mol. The molecule has 0 N–H and O–H groups in total. The van der Waals surface area contributed by atoms with Crippen molar-refractivity contribution in [1.82, 2.24) is 19.4 Å². The molecule has 0 saturated carbocycles. The number of amides is 1. The molecule has 0 radical (unpaired) electrons. The molecule has 2 aliphatic rings. The summed E-state index contributed by atoms with van der Waals surface area (Å²) in [5.41, 5.74) is 2.64. The number of nitrogens with zero attached hydrogens (tertiary/aromatic N) is 4. The number of hydrogen-bond acceptors (Lipinski definition) is 5. The first-order valence-electron chi connectivity index (χ1n) is 13.3. The summed E-state index contributed by atoms with van der Waals surface area (Å²) >= 11 is 0. The molecule has 1 aromatic heterocycles. The van der Waals surface area contributed by atoms with Crippen LogP contribution >= 0.6 is 0 Å². The second-order valence-electron chi connectivity index (χ2n) is 10.9. The Kier molecular flexibility index (Phi) is 7.36. The molecule has 3 heterocycles. The van der Waals surface area contributed by atoms with Crippen molar-refractivity contribution in [3.63, 3.8) is 0 Å². The second kappa shape index (κ2) is 10.7. The van der Waals surface area contributed by atoms with E-state index in [-0.39, 0.29) is 23.5 Å². The van der Waals surface area contributed by atoms with Crippen molar-refractivity contribution >= 4 is 5.91 Å². The normalized spacial score (nSPS) is 22.5. The summed E-state index contributed by atoms with van der Waals surface area (Å²) in [7, 11) is 2.06. The number of carbonyl (C=O) groups is 1. The van der Waals surface area contributed by atoms with Gasteiger partial charge in [0.2, 0.25) is 0 Å². The lowest BCUT2D eigenvalue weighted by atomic mass is 9.81. The lowest BCUT2D eigenvalue weighted by Gasteiger charge is -2.49. The van der Waals surface area contributed by atoms with Crippen LogP contribution in [0.1, 0.15) is 59.9 Å². The third kappa shape index (κ3) is 5.73. The van der Waals surface area contributed by atoms with E-state index in [0.29, 0.717) is 18.8 Å². The fourth-order valence-corrected chi connectivity index (χ4v) is 5.75. The molecule has 7 nitrogen and oxygen atoms in total. The van der Waals surface area contributed by atoms with Gasteiger partial charge in [-0.15, -0.1) is 0 Å². The van der Waals surface area contributed by atoms with Crippen molar-refractivity contribution in [3.05, 3.63) is 83.4 Å². The van der Waals surface area contributed by atoms with Gasteiger partial charge in [-0.3, -0.25) is 9.69 Å². The smallest absolute Gasteiger partial charge is 0.255 e. The maximum atomic E-state index is 13.3. The molecule has 37 heavy (non-hydrogen) atoms. The first-order valence-corrected chi connectivity index (χ1v) is 13.3. The molecule has 3 aromatic rings. The number of carbonyl (C=O) groups excluding carboxylic acids is 1. The lowest BCUT2D eigenvalue weighted by Crippen LogP contribution is -2.58. The van der Waals surface area contributed by atoms with Gasteiger partial charge in [0, 0.05) is 57.1 Å². The minimum Gasteiger partial charge on any atom is -0.491 e. The van der Waals surface area contributed by atoms with E-state index in [4.69, 9.17) is 9.47 Å². The number of aryl methyl sites for hydroxylation is 2. The van der Waals surface area contributed by atoms with Crippen LogP contribution in [0, 0.1) is 6.92 Å². The largest absolute Gasteiger partial charge is 0.491 e. The van der Waals surface area contributed by atoms with Gasteiger partial charge >= 0.3 is 0 Å². The highest BCUT2D eigenvalue weighted by Gasteiger charge is 2.45. The van der Waals surface area contributed by atoms with Crippen LogP contribution in [0.15, 0.2) is 60.9 Å². The molecule has 196 valence electrons. The Balaban J connectivity index is 1.30. The van der Waals surface area contributed by atoms with E-state index in [2.05, 4.69) is 51.8 Å². The number of benzene rings is 2. The summed E-state index contributed by atoms with van der Waals surface area (Å²) in [6.07, 6.45) is 5.70. The van der Waals surface area contributed by atoms with E-state index in [9.17, 15) is 4.79 Å². The van der Waals surface area contributed by atoms with Crippen molar-refractivity contribution in [2.75, 3.05) is 26.4 Å². The molecule has 2 aromatic carbocycles. The van der Waals surface area contributed by atoms with Crippen molar-refractivity contribution in [2.24, 2.45) is 7.05 Å². The fraction of sp³-hybridized carbons (Fsp3) is 0.467. The van der Waals surface area contributed by atoms with Gasteiger partial charge in [0.05, 0.1) is 11.7 Å². The summed E-state index contributed by atoms with van der Waals surface area (Å²) in [6.45, 7) is 9.64. The molecule has 7 heteroatoms. The summed E-state index contributed by atoms with van der Waals surface area (Å²) in [5, 5.41) is 0. The zero-order valence-corrected chi connectivity index (χ0v) is 22.4. The Morgan fingerprint density at radius 1 is 1.22 bits per heavy atom. The summed E-state index contributed by atoms with van der Waals surface area (Å²) < 4.78 is 14.6. The van der Waals surface area contributed by atoms with Crippen LogP contribution in [0.2, 0.25) is 0 Å². The first kappa shape index (κ1) is 25.5. The first-order chi connectivity index (χ1) is 17.8. The Hall–Kier alpha value is -3.16. The van der Waals surface area contributed by atoms with Crippen molar-refractivity contribution in [1.29, 1.82) is 0 Å². The van der Waals surface area contributed by atoms with E-state index in [1.54, 1.807) is 0 Å². The predicted molar refractivity (Wildman–Crippen MR) is 144 cm³/mol. The summed E-state index contributed by atoms with van der Waals surface area (Å²) in [4.78, 5) is 22.3. The predicted octanol–water partition coefficient (Wildman–Crippen LogP) is 4.76. The van der Waals surface area contributed by atoms with Gasteiger partial charge in [0.15, 0.2) is 0 Å². The number of aromatic nitrogens is 2. The maximum Gasteiger partial charge on any atom is 0.255 e. The molecule has 2 fully saturated rings. The number of imidazole rings is 1. The third-order valence-electron chi connectivity index (χ3n) is 7.52. The summed E-state index contributed by atoms with van der Waals surface area (Å²) in [5.74, 6) is 2.20. The van der Waals surface area contributed by atoms with Crippen molar-refractivity contribution < 1.29 is 14.3 Å². The number of piperidine rings is 1. The average Bonchev–Trinajstić information content (AvgIpc) is 3.31. The van der Waals surface area contributed by atoms with E-state index in [1.807, 2.05) is 56.3 Å². The minimum absolute atomic E-state index is 0.00616. The molecular formula is C30H38N4O3. The van der Waals surface area contributed by atoms with Crippen molar-refractivity contribution in [3.8, 4) is 5.75 Å². The Labute approximate surface area is 220 Å². The number of hydrogen-bond donors (Lipinski definition) is 0. The monoisotopic (exact) mass is 502 g/mol. The van der Waals surface area contributed by atoms with Crippen LogP contribution in [0.5, 0.6) is 5.75 Å². The number of likely N-dealkylation sites (tertiary alicyclic amines) is 1. The topological polar surface area (TPSA) is 59.8 Å². The molecule has 1 spiro atoms. The molecule has 0 bridgehead atoms. The SMILES string of the molecule is Cc1cc(C(=O)N2CCC3(CC(c4nccn4C)CN(Cc4ccccc4)C3)OC2)ccc1OC(C)C. The molecule has 5 rings (SSSR count). The molecule has 1 amide bonds. The number of ether oxygens (including phenoxy) is 2. The van der Waals surface area contributed by atoms with Gasteiger partial charge in [0.1, 0.15) is 18.3 Å². The van der Waals surface area contributed by atoms with Gasteiger partial charge in [-0.2, -0.15) is 0 Å². The Morgan fingerprint density at radius 3 is 2.68 bits per heavy atom. The molecule has 0 aliphatic carbocycles. The van der Waals surface area contributed by atoms with Crippen LogP contribution in [-0.2, 0) is 18.3 Å². The van der Waals surface area contributed by atoms with Gasteiger partial charge < -0.3 is 18.9 Å². The van der Waals surface area contributed by atoms with E-state index in [0.717, 1.165) is 49.6 Å². The van der Waals surface area contributed by atoms with Gasteiger partial charge in [-0.25, -0.2) is 4.98 Å². The van der Waals surface area contributed by atoms with Gasteiger partial charge in [0.25, 0.3) is 5.91 Å². The zero-order valence-electron chi connectivity index (χ0n) is 22.4. The highest BCUT2D eigenvalue weighted by molar-refractivity contribution is 5.94. The Morgan fingerprint density at radius 2 is 2.03 bits per heavy atom. The van der Waals surface area contributed by atoms with E-state index in [1.165, 1.54) is 5.56 Å². The fourth-order valence-electron chi connectivity index (χ4n) is 5.75. The van der Waals surface area contributed by atoms with Crippen LogP contribution in [-0.4, -0.2) is 63.3 Å². The van der Waals surface area contributed by atoms with Gasteiger partial charge in [-0.1, -0.05) is 30.3 Å². The maximum absolute atomic E-state index is 13.3. The minimum atomic E-state index is -0.300.